The van der Waals surface area contributed by atoms with E-state index in [4.69, 9.17) is 5.73 Å². The first-order valence-electron chi connectivity index (χ1n) is 7.18. The third-order valence-electron chi connectivity index (χ3n) is 4.12. The highest BCUT2D eigenvalue weighted by molar-refractivity contribution is 5.76. The van der Waals surface area contributed by atoms with Crippen LogP contribution in [0.1, 0.15) is 58.8 Å². The zero-order valence-electron chi connectivity index (χ0n) is 11.4. The average Bonchev–Trinajstić information content (AvgIpc) is 2.37. The van der Waals surface area contributed by atoms with Gasteiger partial charge in [0.25, 0.3) is 0 Å². The van der Waals surface area contributed by atoms with Gasteiger partial charge in [-0.15, -0.1) is 0 Å². The smallest absolute Gasteiger partial charge is 0.220 e. The lowest BCUT2D eigenvalue weighted by molar-refractivity contribution is -0.123. The van der Waals surface area contributed by atoms with E-state index in [1.54, 1.807) is 0 Å². The second-order valence-corrected chi connectivity index (χ2v) is 5.41. The highest BCUT2D eigenvalue weighted by Crippen LogP contribution is 2.30. The lowest BCUT2D eigenvalue weighted by atomic mass is 9.80. The van der Waals surface area contributed by atoms with Crippen LogP contribution in [0.25, 0.3) is 0 Å². The number of nitrogens with one attached hydrogen (secondary N) is 1. The number of nitrogens with two attached hydrogens (primary N) is 1. The van der Waals surface area contributed by atoms with Crippen LogP contribution in [0.2, 0.25) is 0 Å². The maximum Gasteiger partial charge on any atom is 0.220 e. The Morgan fingerprint density at radius 1 is 1.18 bits per heavy atom. The summed E-state index contributed by atoms with van der Waals surface area (Å²) in [6, 6.07) is 0.364. The van der Waals surface area contributed by atoms with Crippen molar-refractivity contribution in [1.82, 2.24) is 5.32 Å². The van der Waals surface area contributed by atoms with Crippen molar-refractivity contribution in [2.24, 2.45) is 17.6 Å². The summed E-state index contributed by atoms with van der Waals surface area (Å²) in [7, 11) is 0. The number of rotatable bonds is 6. The molecule has 0 spiro atoms. The third kappa shape index (κ3) is 5.07. The molecule has 1 rings (SSSR count). The van der Waals surface area contributed by atoms with Crippen molar-refractivity contribution in [1.29, 1.82) is 0 Å². The molecule has 0 atom stereocenters. The Morgan fingerprint density at radius 3 is 2.18 bits per heavy atom. The van der Waals surface area contributed by atoms with Crippen molar-refractivity contribution in [3.05, 3.63) is 0 Å². The van der Waals surface area contributed by atoms with Gasteiger partial charge in [0.05, 0.1) is 0 Å². The van der Waals surface area contributed by atoms with Crippen molar-refractivity contribution < 1.29 is 4.79 Å². The second kappa shape index (κ2) is 7.70. The molecule has 0 radical (unpaired) electrons. The van der Waals surface area contributed by atoms with Crippen molar-refractivity contribution in [2.75, 3.05) is 6.54 Å². The highest BCUT2D eigenvalue weighted by Gasteiger charge is 2.22. The van der Waals surface area contributed by atoms with E-state index in [0.717, 1.165) is 19.4 Å². The zero-order chi connectivity index (χ0) is 12.7. The normalized spacial score (nSPS) is 24.9. The minimum atomic E-state index is 0.245. The summed E-state index contributed by atoms with van der Waals surface area (Å²) in [5.41, 5.74) is 5.67. The molecule has 0 heterocycles. The summed E-state index contributed by atoms with van der Waals surface area (Å²) in [4.78, 5) is 11.9. The Bertz CT molecular complexity index is 218. The lowest BCUT2D eigenvalue weighted by Gasteiger charge is -2.27. The minimum Gasteiger partial charge on any atom is -0.353 e. The largest absolute Gasteiger partial charge is 0.353 e. The standard InChI is InChI=1S/C14H28N2O/c1-3-13(4-2)16-14(17)9-11-5-7-12(10-15)8-6-11/h11-13H,3-10,15H2,1-2H3,(H,16,17). The summed E-state index contributed by atoms with van der Waals surface area (Å²) in [5, 5.41) is 3.13. The summed E-state index contributed by atoms with van der Waals surface area (Å²) < 4.78 is 0. The van der Waals surface area contributed by atoms with E-state index in [0.29, 0.717) is 24.3 Å². The molecular formula is C14H28N2O. The van der Waals surface area contributed by atoms with Crippen LogP contribution in [-0.2, 0) is 4.79 Å². The fourth-order valence-electron chi connectivity index (χ4n) is 2.71. The average molecular weight is 240 g/mol. The van der Waals surface area contributed by atoms with Gasteiger partial charge in [0.2, 0.25) is 5.91 Å². The van der Waals surface area contributed by atoms with Gasteiger partial charge in [-0.3, -0.25) is 4.79 Å². The molecule has 1 saturated carbocycles. The molecule has 3 N–H and O–H groups in total. The number of carbonyl (C=O) groups is 1. The van der Waals surface area contributed by atoms with Gasteiger partial charge in [0, 0.05) is 12.5 Å². The van der Waals surface area contributed by atoms with Crippen molar-refractivity contribution in [3.8, 4) is 0 Å². The molecule has 0 aromatic carbocycles. The van der Waals surface area contributed by atoms with Gasteiger partial charge in [0.15, 0.2) is 0 Å². The maximum atomic E-state index is 11.9. The molecule has 1 aliphatic rings. The van der Waals surface area contributed by atoms with Gasteiger partial charge >= 0.3 is 0 Å². The van der Waals surface area contributed by atoms with Gasteiger partial charge in [-0.2, -0.15) is 0 Å². The van der Waals surface area contributed by atoms with Gasteiger partial charge in [0.1, 0.15) is 0 Å². The Kier molecular flexibility index (Phi) is 6.56. The Balaban J connectivity index is 2.23. The van der Waals surface area contributed by atoms with Crippen molar-refractivity contribution >= 4 is 5.91 Å². The Hall–Kier alpha value is -0.570. The summed E-state index contributed by atoms with van der Waals surface area (Å²) in [6.07, 6.45) is 7.55. The van der Waals surface area contributed by atoms with Crippen molar-refractivity contribution in [2.45, 2.75) is 64.8 Å². The van der Waals surface area contributed by atoms with Crippen LogP contribution in [-0.4, -0.2) is 18.5 Å². The van der Waals surface area contributed by atoms with Crippen LogP contribution in [0.15, 0.2) is 0 Å². The third-order valence-corrected chi connectivity index (χ3v) is 4.12. The first-order chi connectivity index (χ1) is 8.19. The quantitative estimate of drug-likeness (QED) is 0.749. The van der Waals surface area contributed by atoms with E-state index in [1.807, 2.05) is 0 Å². The summed E-state index contributed by atoms with van der Waals surface area (Å²) in [5.74, 6) is 1.54. The van der Waals surface area contributed by atoms with Crippen molar-refractivity contribution in [3.63, 3.8) is 0 Å². The molecule has 1 fully saturated rings. The van der Waals surface area contributed by atoms with Gasteiger partial charge in [-0.1, -0.05) is 13.8 Å². The van der Waals surface area contributed by atoms with Gasteiger partial charge < -0.3 is 11.1 Å². The van der Waals surface area contributed by atoms with Crippen LogP contribution in [0.4, 0.5) is 0 Å². The predicted molar refractivity (Wildman–Crippen MR) is 71.6 cm³/mol. The molecule has 3 nitrogen and oxygen atoms in total. The first-order valence-corrected chi connectivity index (χ1v) is 7.18. The number of hydrogen-bond donors (Lipinski definition) is 2. The second-order valence-electron chi connectivity index (χ2n) is 5.41. The van der Waals surface area contributed by atoms with Crippen LogP contribution >= 0.6 is 0 Å². The maximum absolute atomic E-state index is 11.9. The first kappa shape index (κ1) is 14.5. The fourth-order valence-corrected chi connectivity index (χ4v) is 2.71. The van der Waals surface area contributed by atoms with E-state index >= 15 is 0 Å². The molecule has 100 valence electrons. The fraction of sp³-hybridized carbons (Fsp3) is 0.929. The van der Waals surface area contributed by atoms with Crippen LogP contribution in [0.5, 0.6) is 0 Å². The van der Waals surface area contributed by atoms with Crippen LogP contribution in [0.3, 0.4) is 0 Å². The van der Waals surface area contributed by atoms with Gasteiger partial charge in [-0.05, 0) is 56.9 Å². The molecule has 1 aliphatic carbocycles. The monoisotopic (exact) mass is 240 g/mol. The van der Waals surface area contributed by atoms with E-state index in [2.05, 4.69) is 19.2 Å². The number of hydrogen-bond acceptors (Lipinski definition) is 2. The summed E-state index contributed by atoms with van der Waals surface area (Å²) >= 11 is 0. The van der Waals surface area contributed by atoms with Gasteiger partial charge in [-0.25, -0.2) is 0 Å². The van der Waals surface area contributed by atoms with Crippen LogP contribution < -0.4 is 11.1 Å². The molecule has 0 bridgehead atoms. The van der Waals surface area contributed by atoms with E-state index in [-0.39, 0.29) is 5.91 Å². The predicted octanol–water partition coefficient (Wildman–Crippen LogP) is 2.45. The van der Waals surface area contributed by atoms with E-state index in [9.17, 15) is 4.79 Å². The molecule has 0 aliphatic heterocycles. The van der Waals surface area contributed by atoms with E-state index in [1.165, 1.54) is 25.7 Å². The molecule has 0 aromatic rings. The molecular weight excluding hydrogens is 212 g/mol. The topological polar surface area (TPSA) is 55.1 Å². The summed E-state index contributed by atoms with van der Waals surface area (Å²) in [6.45, 7) is 5.06. The lowest BCUT2D eigenvalue weighted by Crippen LogP contribution is -2.35. The minimum absolute atomic E-state index is 0.245. The molecule has 1 amide bonds. The molecule has 0 saturated heterocycles. The Morgan fingerprint density at radius 2 is 1.71 bits per heavy atom. The molecule has 17 heavy (non-hydrogen) atoms. The Labute approximate surface area is 106 Å². The zero-order valence-corrected chi connectivity index (χ0v) is 11.4. The molecule has 0 unspecified atom stereocenters. The van der Waals surface area contributed by atoms with E-state index < -0.39 is 0 Å². The SMILES string of the molecule is CCC(CC)NC(=O)CC1CCC(CN)CC1. The molecule has 3 heteroatoms. The van der Waals surface area contributed by atoms with Crippen LogP contribution in [0, 0.1) is 11.8 Å². The number of carbonyl (C=O) groups excluding carboxylic acids is 1. The highest BCUT2D eigenvalue weighted by atomic mass is 16.1. The number of amides is 1. The molecule has 0 aromatic heterocycles.